The van der Waals surface area contributed by atoms with Crippen molar-refractivity contribution in [3.8, 4) is 0 Å². The molecular formula is C16H14BrIN2O. The van der Waals surface area contributed by atoms with Gasteiger partial charge in [-0.25, -0.2) is 0 Å². The van der Waals surface area contributed by atoms with Crippen LogP contribution in [0, 0.1) is 3.57 Å². The number of amides is 1. The number of hydrogen-bond acceptors (Lipinski definition) is 2. The van der Waals surface area contributed by atoms with E-state index in [0.29, 0.717) is 6.42 Å². The number of anilines is 1. The van der Waals surface area contributed by atoms with E-state index in [2.05, 4.69) is 50.7 Å². The molecule has 2 aromatic carbocycles. The first-order valence-corrected chi connectivity index (χ1v) is 8.44. The SMILES string of the molecule is CN1C(=O)Cc2cc(C(N)c3cc(Br)ccc3I)ccc21. The normalized spacial score (nSPS) is 15.2. The summed E-state index contributed by atoms with van der Waals surface area (Å²) >= 11 is 5.79. The van der Waals surface area contributed by atoms with Gasteiger partial charge in [0.05, 0.1) is 12.5 Å². The fourth-order valence-electron chi connectivity index (χ4n) is 2.62. The van der Waals surface area contributed by atoms with Crippen molar-refractivity contribution in [2.45, 2.75) is 12.5 Å². The number of rotatable bonds is 2. The van der Waals surface area contributed by atoms with Crippen LogP contribution in [-0.4, -0.2) is 13.0 Å². The van der Waals surface area contributed by atoms with Crippen LogP contribution in [0.25, 0.3) is 0 Å². The Morgan fingerprint density at radius 3 is 2.81 bits per heavy atom. The van der Waals surface area contributed by atoms with Gasteiger partial charge in [-0.2, -0.15) is 0 Å². The summed E-state index contributed by atoms with van der Waals surface area (Å²) in [5.41, 5.74) is 10.6. The van der Waals surface area contributed by atoms with E-state index in [4.69, 9.17) is 5.73 Å². The third kappa shape index (κ3) is 2.74. The summed E-state index contributed by atoms with van der Waals surface area (Å²) in [6.07, 6.45) is 0.460. The summed E-state index contributed by atoms with van der Waals surface area (Å²) in [5.74, 6) is 0.132. The van der Waals surface area contributed by atoms with Crippen molar-refractivity contribution in [3.63, 3.8) is 0 Å². The fraction of sp³-hybridized carbons (Fsp3) is 0.188. The summed E-state index contributed by atoms with van der Waals surface area (Å²) in [6.45, 7) is 0. The molecular weight excluding hydrogens is 443 g/mol. The standard InChI is InChI=1S/C16H14BrIN2O/c1-20-14-5-2-9(6-10(14)7-15(20)21)16(19)12-8-11(17)3-4-13(12)18/h2-6,8,16H,7,19H2,1H3. The lowest BCUT2D eigenvalue weighted by Crippen LogP contribution is -2.20. The highest BCUT2D eigenvalue weighted by molar-refractivity contribution is 14.1. The summed E-state index contributed by atoms with van der Waals surface area (Å²) in [5, 5.41) is 0. The number of carbonyl (C=O) groups excluding carboxylic acids is 1. The zero-order valence-electron chi connectivity index (χ0n) is 11.4. The van der Waals surface area contributed by atoms with Crippen LogP contribution in [-0.2, 0) is 11.2 Å². The number of nitrogens with zero attached hydrogens (tertiary/aromatic N) is 1. The molecule has 0 spiro atoms. The van der Waals surface area contributed by atoms with E-state index < -0.39 is 0 Å². The van der Waals surface area contributed by atoms with Gasteiger partial charge in [0.25, 0.3) is 0 Å². The Kier molecular flexibility index (Phi) is 4.07. The molecule has 0 aromatic heterocycles. The van der Waals surface area contributed by atoms with E-state index in [0.717, 1.165) is 30.4 Å². The van der Waals surface area contributed by atoms with Crippen molar-refractivity contribution in [3.05, 3.63) is 61.1 Å². The van der Waals surface area contributed by atoms with Gasteiger partial charge >= 0.3 is 0 Å². The molecule has 21 heavy (non-hydrogen) atoms. The molecule has 1 aliphatic heterocycles. The Balaban J connectivity index is 2.00. The summed E-state index contributed by atoms with van der Waals surface area (Å²) < 4.78 is 2.15. The summed E-state index contributed by atoms with van der Waals surface area (Å²) in [6, 6.07) is 12.0. The van der Waals surface area contributed by atoms with Crippen molar-refractivity contribution in [2.24, 2.45) is 5.73 Å². The molecule has 1 aliphatic rings. The van der Waals surface area contributed by atoms with Crippen molar-refractivity contribution in [1.82, 2.24) is 0 Å². The number of fused-ring (bicyclic) bond motifs is 1. The zero-order chi connectivity index (χ0) is 15.1. The maximum Gasteiger partial charge on any atom is 0.231 e. The highest BCUT2D eigenvalue weighted by Gasteiger charge is 2.25. The van der Waals surface area contributed by atoms with Crippen molar-refractivity contribution in [1.29, 1.82) is 0 Å². The summed E-state index contributed by atoms with van der Waals surface area (Å²) in [4.78, 5) is 13.5. The first-order chi connectivity index (χ1) is 9.97. The van der Waals surface area contributed by atoms with Gasteiger partial charge in [-0.15, -0.1) is 0 Å². The molecule has 0 saturated heterocycles. The van der Waals surface area contributed by atoms with Gasteiger partial charge in [0.15, 0.2) is 0 Å². The minimum absolute atomic E-state index is 0.132. The van der Waals surface area contributed by atoms with Crippen LogP contribution in [0.15, 0.2) is 40.9 Å². The molecule has 2 aromatic rings. The average molecular weight is 457 g/mol. The lowest BCUT2D eigenvalue weighted by molar-refractivity contribution is -0.117. The second-order valence-electron chi connectivity index (χ2n) is 5.16. The molecule has 108 valence electrons. The molecule has 1 unspecified atom stereocenters. The maximum atomic E-state index is 11.8. The maximum absolute atomic E-state index is 11.8. The molecule has 0 radical (unpaired) electrons. The smallest absolute Gasteiger partial charge is 0.231 e. The Bertz CT molecular complexity index is 732. The molecule has 1 amide bonds. The minimum atomic E-state index is -0.194. The number of halogens is 2. The molecule has 0 bridgehead atoms. The van der Waals surface area contributed by atoms with Crippen LogP contribution < -0.4 is 10.6 Å². The highest BCUT2D eigenvalue weighted by atomic mass is 127. The third-order valence-electron chi connectivity index (χ3n) is 3.83. The third-order valence-corrected chi connectivity index (χ3v) is 5.31. The monoisotopic (exact) mass is 456 g/mol. The van der Waals surface area contributed by atoms with E-state index in [1.165, 1.54) is 0 Å². The zero-order valence-corrected chi connectivity index (χ0v) is 15.2. The molecule has 0 saturated carbocycles. The molecule has 3 rings (SSSR count). The number of benzene rings is 2. The lowest BCUT2D eigenvalue weighted by Gasteiger charge is -2.17. The summed E-state index contributed by atoms with van der Waals surface area (Å²) in [7, 11) is 1.81. The predicted octanol–water partition coefficient (Wildman–Crippen LogP) is 3.62. The van der Waals surface area contributed by atoms with Gasteiger partial charge < -0.3 is 10.6 Å². The van der Waals surface area contributed by atoms with E-state index >= 15 is 0 Å². The topological polar surface area (TPSA) is 46.3 Å². The quantitative estimate of drug-likeness (QED) is 0.701. The number of nitrogens with two attached hydrogens (primary N) is 1. The van der Waals surface area contributed by atoms with Crippen LogP contribution in [0.2, 0.25) is 0 Å². The van der Waals surface area contributed by atoms with Crippen LogP contribution >= 0.6 is 38.5 Å². The first-order valence-electron chi connectivity index (χ1n) is 6.57. The average Bonchev–Trinajstić information content (AvgIpc) is 2.75. The second kappa shape index (κ2) is 5.70. The van der Waals surface area contributed by atoms with Gasteiger partial charge in [0, 0.05) is 20.8 Å². The van der Waals surface area contributed by atoms with Crippen LogP contribution in [0.3, 0.4) is 0 Å². The molecule has 1 heterocycles. The molecule has 0 fully saturated rings. The molecule has 1 atom stereocenters. The van der Waals surface area contributed by atoms with Gasteiger partial charge in [-0.1, -0.05) is 28.1 Å². The molecule has 5 heteroatoms. The second-order valence-corrected chi connectivity index (χ2v) is 7.24. The van der Waals surface area contributed by atoms with Gasteiger partial charge in [0.2, 0.25) is 5.91 Å². The van der Waals surface area contributed by atoms with Crippen molar-refractivity contribution < 1.29 is 4.79 Å². The Hall–Kier alpha value is -0.920. The fourth-order valence-corrected chi connectivity index (χ4v) is 3.67. The Morgan fingerprint density at radius 2 is 2.05 bits per heavy atom. The number of hydrogen-bond donors (Lipinski definition) is 1. The van der Waals surface area contributed by atoms with E-state index in [1.807, 2.05) is 31.3 Å². The van der Waals surface area contributed by atoms with Crippen molar-refractivity contribution >= 4 is 50.1 Å². The Morgan fingerprint density at radius 1 is 1.29 bits per heavy atom. The highest BCUT2D eigenvalue weighted by Crippen LogP contribution is 2.33. The van der Waals surface area contributed by atoms with Crippen LogP contribution in [0.5, 0.6) is 0 Å². The van der Waals surface area contributed by atoms with Gasteiger partial charge in [-0.05, 0) is 63.5 Å². The predicted molar refractivity (Wildman–Crippen MR) is 96.4 cm³/mol. The van der Waals surface area contributed by atoms with Crippen molar-refractivity contribution in [2.75, 3.05) is 11.9 Å². The largest absolute Gasteiger partial charge is 0.320 e. The van der Waals surface area contributed by atoms with E-state index in [-0.39, 0.29) is 11.9 Å². The lowest BCUT2D eigenvalue weighted by atomic mass is 9.97. The molecule has 0 aliphatic carbocycles. The van der Waals surface area contributed by atoms with E-state index in [9.17, 15) is 4.79 Å². The van der Waals surface area contributed by atoms with E-state index in [1.54, 1.807) is 4.90 Å². The first kappa shape index (κ1) is 15.0. The Labute approximate surface area is 145 Å². The van der Waals surface area contributed by atoms with Crippen LogP contribution in [0.1, 0.15) is 22.7 Å². The van der Waals surface area contributed by atoms with Gasteiger partial charge in [-0.3, -0.25) is 4.79 Å². The molecule has 3 nitrogen and oxygen atoms in total. The molecule has 2 N–H and O–H groups in total. The number of carbonyl (C=O) groups is 1. The van der Waals surface area contributed by atoms with Crippen LogP contribution in [0.4, 0.5) is 5.69 Å². The van der Waals surface area contributed by atoms with Gasteiger partial charge in [0.1, 0.15) is 0 Å². The number of likely N-dealkylation sites (N-methyl/N-ethyl adjacent to an activating group) is 1. The minimum Gasteiger partial charge on any atom is -0.320 e.